The Kier molecular flexibility index (Phi) is 5.03. The fourth-order valence-electron chi connectivity index (χ4n) is 4.63. The average Bonchev–Trinajstić information content (AvgIpc) is 3.28. The number of rotatable bonds is 5. The third-order valence-electron chi connectivity index (χ3n) is 6.69. The van der Waals surface area contributed by atoms with Gasteiger partial charge in [-0.3, -0.25) is 9.88 Å². The molecule has 6 rings (SSSR count). The molecule has 4 heterocycles. The van der Waals surface area contributed by atoms with Gasteiger partial charge in [0, 0.05) is 62.2 Å². The number of benzene rings is 1. The maximum atomic E-state index is 5.82. The summed E-state index contributed by atoms with van der Waals surface area (Å²) in [7, 11) is 0. The molecule has 1 aliphatic heterocycles. The van der Waals surface area contributed by atoms with Crippen LogP contribution in [-0.4, -0.2) is 61.5 Å². The van der Waals surface area contributed by atoms with Gasteiger partial charge < -0.3 is 20.4 Å². The van der Waals surface area contributed by atoms with Crippen LogP contribution in [0.1, 0.15) is 19.3 Å². The van der Waals surface area contributed by atoms with Crippen LogP contribution in [0.3, 0.4) is 0 Å². The Morgan fingerprint density at radius 2 is 1.76 bits per heavy atom. The van der Waals surface area contributed by atoms with E-state index in [2.05, 4.69) is 54.3 Å². The summed E-state index contributed by atoms with van der Waals surface area (Å²) in [5.41, 5.74) is 10.1. The van der Waals surface area contributed by atoms with Gasteiger partial charge in [-0.05, 0) is 37.1 Å². The second kappa shape index (κ2) is 8.32. The summed E-state index contributed by atoms with van der Waals surface area (Å²) < 4.78 is 1.92. The monoisotopic (exact) mass is 441 g/mol. The van der Waals surface area contributed by atoms with E-state index in [4.69, 9.17) is 10.7 Å². The SMILES string of the molecule is Nc1cncc(-c2cn3ccnc3c(Nc3ccc(N4CCN(C5CCC5)CC4)cc3)n2)n1. The molecule has 0 spiro atoms. The first-order valence-corrected chi connectivity index (χ1v) is 11.5. The predicted octanol–water partition coefficient (Wildman–Crippen LogP) is 3.19. The molecule has 4 aromatic rings. The van der Waals surface area contributed by atoms with Gasteiger partial charge in [0.05, 0.1) is 12.4 Å². The Morgan fingerprint density at radius 1 is 0.939 bits per heavy atom. The number of hydrogen-bond donors (Lipinski definition) is 2. The van der Waals surface area contributed by atoms with Gasteiger partial charge in [-0.2, -0.15) is 0 Å². The van der Waals surface area contributed by atoms with E-state index in [0.29, 0.717) is 23.0 Å². The number of piperazine rings is 1. The molecule has 168 valence electrons. The molecule has 33 heavy (non-hydrogen) atoms. The van der Waals surface area contributed by atoms with Crippen LogP contribution in [0.5, 0.6) is 0 Å². The van der Waals surface area contributed by atoms with Crippen LogP contribution in [0.2, 0.25) is 0 Å². The molecule has 0 radical (unpaired) electrons. The molecule has 1 saturated carbocycles. The van der Waals surface area contributed by atoms with Crippen molar-refractivity contribution >= 4 is 28.7 Å². The molecule has 9 heteroatoms. The van der Waals surface area contributed by atoms with Gasteiger partial charge in [0.1, 0.15) is 17.2 Å². The van der Waals surface area contributed by atoms with Gasteiger partial charge in [-0.15, -0.1) is 0 Å². The van der Waals surface area contributed by atoms with E-state index in [1.807, 2.05) is 16.8 Å². The Hall–Kier alpha value is -3.72. The van der Waals surface area contributed by atoms with E-state index >= 15 is 0 Å². The van der Waals surface area contributed by atoms with Crippen molar-refractivity contribution in [3.63, 3.8) is 0 Å². The zero-order valence-electron chi connectivity index (χ0n) is 18.4. The molecule has 3 aromatic heterocycles. The average molecular weight is 442 g/mol. The molecule has 9 nitrogen and oxygen atoms in total. The van der Waals surface area contributed by atoms with Gasteiger partial charge in [0.15, 0.2) is 11.5 Å². The number of nitrogen functional groups attached to an aromatic ring is 1. The lowest BCUT2D eigenvalue weighted by Gasteiger charge is -2.43. The Bertz CT molecular complexity index is 1250. The quantitative estimate of drug-likeness (QED) is 0.487. The minimum Gasteiger partial charge on any atom is -0.382 e. The maximum absolute atomic E-state index is 5.82. The number of anilines is 4. The van der Waals surface area contributed by atoms with Crippen molar-refractivity contribution in [1.82, 2.24) is 29.2 Å². The van der Waals surface area contributed by atoms with Gasteiger partial charge in [0.2, 0.25) is 0 Å². The van der Waals surface area contributed by atoms with Crippen LogP contribution in [0.15, 0.2) is 55.2 Å². The van der Waals surface area contributed by atoms with E-state index < -0.39 is 0 Å². The normalized spacial score (nSPS) is 17.3. The van der Waals surface area contributed by atoms with Crippen LogP contribution < -0.4 is 16.0 Å². The summed E-state index contributed by atoms with van der Waals surface area (Å²) in [4.78, 5) is 22.8. The molecule has 2 aliphatic rings. The molecule has 1 aliphatic carbocycles. The van der Waals surface area contributed by atoms with Gasteiger partial charge in [-0.25, -0.2) is 15.0 Å². The van der Waals surface area contributed by atoms with Gasteiger partial charge >= 0.3 is 0 Å². The fourth-order valence-corrected chi connectivity index (χ4v) is 4.63. The number of nitrogens with one attached hydrogen (secondary N) is 1. The van der Waals surface area contributed by atoms with Crippen molar-refractivity contribution in [2.45, 2.75) is 25.3 Å². The summed E-state index contributed by atoms with van der Waals surface area (Å²) in [5, 5.41) is 3.42. The predicted molar refractivity (Wildman–Crippen MR) is 130 cm³/mol. The lowest BCUT2D eigenvalue weighted by Crippen LogP contribution is -2.52. The Balaban J connectivity index is 1.20. The first-order valence-electron chi connectivity index (χ1n) is 11.5. The first kappa shape index (κ1) is 19.9. The maximum Gasteiger partial charge on any atom is 0.180 e. The molecular formula is C24H27N9. The van der Waals surface area contributed by atoms with E-state index in [0.717, 1.165) is 43.6 Å². The van der Waals surface area contributed by atoms with E-state index in [9.17, 15) is 0 Å². The molecule has 1 saturated heterocycles. The largest absolute Gasteiger partial charge is 0.382 e. The lowest BCUT2D eigenvalue weighted by atomic mass is 9.91. The molecular weight excluding hydrogens is 414 g/mol. The van der Waals surface area contributed by atoms with Crippen LogP contribution in [0.4, 0.5) is 23.0 Å². The minimum atomic E-state index is 0.360. The van der Waals surface area contributed by atoms with Crippen molar-refractivity contribution < 1.29 is 0 Å². The van der Waals surface area contributed by atoms with Crippen molar-refractivity contribution in [2.24, 2.45) is 0 Å². The number of nitrogens with zero attached hydrogens (tertiary/aromatic N) is 7. The smallest absolute Gasteiger partial charge is 0.180 e. The molecule has 1 aromatic carbocycles. The number of hydrogen-bond acceptors (Lipinski definition) is 8. The highest BCUT2D eigenvalue weighted by atomic mass is 15.3. The first-order chi connectivity index (χ1) is 16.2. The van der Waals surface area contributed by atoms with Crippen molar-refractivity contribution in [1.29, 1.82) is 0 Å². The third kappa shape index (κ3) is 3.95. The Morgan fingerprint density at radius 3 is 2.48 bits per heavy atom. The van der Waals surface area contributed by atoms with Crippen LogP contribution in [0, 0.1) is 0 Å². The summed E-state index contributed by atoms with van der Waals surface area (Å²) >= 11 is 0. The highest BCUT2D eigenvalue weighted by molar-refractivity contribution is 5.73. The molecule has 0 atom stereocenters. The second-order valence-corrected chi connectivity index (χ2v) is 8.74. The van der Waals surface area contributed by atoms with Crippen LogP contribution in [0.25, 0.3) is 17.0 Å². The number of nitrogens with two attached hydrogens (primary N) is 1. The molecule has 3 N–H and O–H groups in total. The van der Waals surface area contributed by atoms with E-state index in [1.165, 1.54) is 31.1 Å². The number of aromatic nitrogens is 5. The van der Waals surface area contributed by atoms with Crippen molar-refractivity contribution in [2.75, 3.05) is 42.1 Å². The number of imidazole rings is 1. The Labute approximate surface area is 192 Å². The van der Waals surface area contributed by atoms with Crippen LogP contribution in [-0.2, 0) is 0 Å². The second-order valence-electron chi connectivity index (χ2n) is 8.74. The van der Waals surface area contributed by atoms with Gasteiger partial charge in [0.25, 0.3) is 0 Å². The highest BCUT2D eigenvalue weighted by Crippen LogP contribution is 2.28. The summed E-state index contributed by atoms with van der Waals surface area (Å²) in [6.07, 6.45) is 12.9. The van der Waals surface area contributed by atoms with Crippen molar-refractivity contribution in [3.05, 3.63) is 55.2 Å². The topological polar surface area (TPSA) is 100 Å². The fraction of sp³-hybridized carbons (Fsp3) is 0.333. The lowest BCUT2D eigenvalue weighted by molar-refractivity contribution is 0.120. The number of fused-ring (bicyclic) bond motifs is 1. The zero-order valence-corrected chi connectivity index (χ0v) is 18.4. The third-order valence-corrected chi connectivity index (χ3v) is 6.69. The van der Waals surface area contributed by atoms with E-state index in [1.54, 1.807) is 12.4 Å². The van der Waals surface area contributed by atoms with Crippen LogP contribution >= 0.6 is 0 Å². The minimum absolute atomic E-state index is 0.360. The summed E-state index contributed by atoms with van der Waals surface area (Å²) in [6.45, 7) is 4.49. The molecule has 2 fully saturated rings. The van der Waals surface area contributed by atoms with Gasteiger partial charge in [-0.1, -0.05) is 6.42 Å². The van der Waals surface area contributed by atoms with Crippen molar-refractivity contribution in [3.8, 4) is 11.4 Å². The highest BCUT2D eigenvalue weighted by Gasteiger charge is 2.27. The zero-order chi connectivity index (χ0) is 22.2. The summed E-state index contributed by atoms with van der Waals surface area (Å²) in [6, 6.07) is 9.39. The molecule has 0 bridgehead atoms. The standard InChI is InChI=1S/C24H27N9/c25-22-15-26-14-20(29-22)21-16-33-9-8-27-24(33)23(30-21)28-17-4-6-19(7-5-17)32-12-10-31(11-13-32)18-2-1-3-18/h4-9,14-16,18H,1-3,10-13H2,(H2,25,29)(H,28,30). The summed E-state index contributed by atoms with van der Waals surface area (Å²) in [5.74, 6) is 1.02. The van der Waals surface area contributed by atoms with E-state index in [-0.39, 0.29) is 0 Å². The molecule has 0 unspecified atom stereocenters. The molecule has 0 amide bonds.